The number of terminal acetylenes is 1. The van der Waals surface area contributed by atoms with Crippen LogP contribution in [0.5, 0.6) is 5.75 Å². The van der Waals surface area contributed by atoms with Crippen molar-refractivity contribution in [1.29, 1.82) is 0 Å². The smallest absolute Gasteiger partial charge is 0.256 e. The largest absolute Gasteiger partial charge is 0.481 e. The van der Waals surface area contributed by atoms with E-state index in [1.807, 2.05) is 0 Å². The van der Waals surface area contributed by atoms with Gasteiger partial charge in [0.2, 0.25) is 0 Å². The van der Waals surface area contributed by atoms with Crippen LogP contribution in [-0.2, 0) is 6.54 Å². The van der Waals surface area contributed by atoms with E-state index in [1.165, 1.54) is 12.1 Å². The van der Waals surface area contributed by atoms with E-state index < -0.39 is 18.5 Å². The lowest BCUT2D eigenvalue weighted by molar-refractivity contribution is 0.126. The molecule has 0 aliphatic carbocycles. The van der Waals surface area contributed by atoms with E-state index in [-0.39, 0.29) is 6.61 Å². The maximum atomic E-state index is 12.7. The van der Waals surface area contributed by atoms with Crippen molar-refractivity contribution < 1.29 is 13.5 Å². The Labute approximate surface area is 134 Å². The molecular formula is C16H12BrF2NO2. The van der Waals surface area contributed by atoms with Crippen LogP contribution in [0.4, 0.5) is 8.78 Å². The second kappa shape index (κ2) is 7.23. The lowest BCUT2D eigenvalue weighted by Gasteiger charge is -2.14. The number of rotatable bonds is 5. The summed E-state index contributed by atoms with van der Waals surface area (Å²) in [5, 5.41) is 0. The maximum Gasteiger partial charge on any atom is 0.256 e. The standard InChI is InChI=1S/C16H12BrF2NO2/c1-2-8-22-11-6-7-12(13(17)9-11)14-4-3-5-16(21)20(14)10-15(18)19/h1,3-7,9,15H,8,10H2. The Morgan fingerprint density at radius 2 is 2.09 bits per heavy atom. The summed E-state index contributed by atoms with van der Waals surface area (Å²) < 4.78 is 32.3. The molecule has 0 unspecified atom stereocenters. The first kappa shape index (κ1) is 16.2. The summed E-state index contributed by atoms with van der Waals surface area (Å²) in [5.74, 6) is 2.90. The minimum Gasteiger partial charge on any atom is -0.481 e. The predicted molar refractivity (Wildman–Crippen MR) is 84.2 cm³/mol. The third kappa shape index (κ3) is 3.74. The molecule has 22 heavy (non-hydrogen) atoms. The van der Waals surface area contributed by atoms with Gasteiger partial charge >= 0.3 is 0 Å². The average molecular weight is 368 g/mol. The molecule has 1 aromatic carbocycles. The van der Waals surface area contributed by atoms with Gasteiger partial charge in [-0.25, -0.2) is 8.78 Å². The molecule has 1 aromatic heterocycles. The Kier molecular flexibility index (Phi) is 5.34. The summed E-state index contributed by atoms with van der Waals surface area (Å²) in [6, 6.07) is 9.44. The Morgan fingerprint density at radius 1 is 1.32 bits per heavy atom. The molecule has 0 amide bonds. The number of benzene rings is 1. The van der Waals surface area contributed by atoms with Crippen LogP contribution in [0.3, 0.4) is 0 Å². The highest BCUT2D eigenvalue weighted by atomic mass is 79.9. The lowest BCUT2D eigenvalue weighted by Crippen LogP contribution is -2.23. The van der Waals surface area contributed by atoms with Gasteiger partial charge in [0.05, 0.1) is 12.2 Å². The van der Waals surface area contributed by atoms with Crippen LogP contribution in [-0.4, -0.2) is 17.6 Å². The van der Waals surface area contributed by atoms with Crippen molar-refractivity contribution in [2.75, 3.05) is 6.61 Å². The molecule has 2 aromatic rings. The Balaban J connectivity index is 2.46. The van der Waals surface area contributed by atoms with Gasteiger partial charge in [0.1, 0.15) is 12.4 Å². The number of alkyl halides is 2. The number of hydrogen-bond acceptors (Lipinski definition) is 2. The summed E-state index contributed by atoms with van der Waals surface area (Å²) in [4.78, 5) is 11.8. The second-order valence-corrected chi connectivity index (χ2v) is 5.24. The minimum atomic E-state index is -2.61. The molecule has 0 saturated carbocycles. The molecule has 0 aliphatic rings. The normalized spacial score (nSPS) is 10.5. The van der Waals surface area contributed by atoms with E-state index in [4.69, 9.17) is 11.2 Å². The first-order valence-electron chi connectivity index (χ1n) is 6.37. The van der Waals surface area contributed by atoms with Crippen molar-refractivity contribution in [1.82, 2.24) is 4.57 Å². The highest BCUT2D eigenvalue weighted by Gasteiger charge is 2.13. The van der Waals surface area contributed by atoms with Crippen LogP contribution in [0.1, 0.15) is 0 Å². The van der Waals surface area contributed by atoms with Crippen molar-refractivity contribution in [2.45, 2.75) is 13.0 Å². The monoisotopic (exact) mass is 367 g/mol. The Hall–Kier alpha value is -2.13. The molecule has 0 fully saturated rings. The molecule has 0 bridgehead atoms. The molecule has 0 radical (unpaired) electrons. The summed E-state index contributed by atoms with van der Waals surface area (Å²) >= 11 is 3.37. The van der Waals surface area contributed by atoms with Crippen LogP contribution < -0.4 is 10.3 Å². The fourth-order valence-electron chi connectivity index (χ4n) is 2.00. The van der Waals surface area contributed by atoms with Gasteiger partial charge in [-0.3, -0.25) is 4.79 Å². The zero-order valence-electron chi connectivity index (χ0n) is 11.4. The fraction of sp³-hybridized carbons (Fsp3) is 0.188. The molecule has 114 valence electrons. The molecule has 1 heterocycles. The van der Waals surface area contributed by atoms with Crippen LogP contribution in [0, 0.1) is 12.3 Å². The van der Waals surface area contributed by atoms with E-state index in [2.05, 4.69) is 21.9 Å². The van der Waals surface area contributed by atoms with E-state index in [9.17, 15) is 13.6 Å². The van der Waals surface area contributed by atoms with Gasteiger partial charge in [-0.2, -0.15) is 0 Å². The van der Waals surface area contributed by atoms with Gasteiger partial charge in [0, 0.05) is 16.1 Å². The predicted octanol–water partition coefficient (Wildman–Crippen LogP) is 3.55. The Bertz CT molecular complexity index is 765. The van der Waals surface area contributed by atoms with Gasteiger partial charge in [0.15, 0.2) is 0 Å². The number of aromatic nitrogens is 1. The van der Waals surface area contributed by atoms with Crippen molar-refractivity contribution in [3.63, 3.8) is 0 Å². The summed E-state index contributed by atoms with van der Waals surface area (Å²) in [5.41, 5.74) is 0.548. The zero-order chi connectivity index (χ0) is 16.1. The SMILES string of the molecule is C#CCOc1ccc(-c2cccc(=O)n2CC(F)F)c(Br)c1. The van der Waals surface area contributed by atoms with E-state index >= 15 is 0 Å². The third-order valence-corrected chi connectivity index (χ3v) is 3.57. The maximum absolute atomic E-state index is 12.7. The van der Waals surface area contributed by atoms with Gasteiger partial charge in [-0.1, -0.05) is 12.0 Å². The van der Waals surface area contributed by atoms with Crippen LogP contribution in [0.25, 0.3) is 11.3 Å². The van der Waals surface area contributed by atoms with Gasteiger partial charge < -0.3 is 9.30 Å². The number of hydrogen-bond donors (Lipinski definition) is 0. The number of pyridine rings is 1. The summed E-state index contributed by atoms with van der Waals surface area (Å²) in [7, 11) is 0. The fourth-order valence-corrected chi connectivity index (χ4v) is 2.56. The highest BCUT2D eigenvalue weighted by Crippen LogP contribution is 2.31. The topological polar surface area (TPSA) is 31.2 Å². The van der Waals surface area contributed by atoms with E-state index in [0.29, 0.717) is 21.5 Å². The molecule has 0 atom stereocenters. The lowest BCUT2D eigenvalue weighted by atomic mass is 10.1. The molecular weight excluding hydrogens is 356 g/mol. The zero-order valence-corrected chi connectivity index (χ0v) is 13.0. The number of halogens is 3. The van der Waals surface area contributed by atoms with Gasteiger partial charge in [0.25, 0.3) is 12.0 Å². The van der Waals surface area contributed by atoms with Crippen LogP contribution in [0.2, 0.25) is 0 Å². The number of nitrogens with zero attached hydrogens (tertiary/aromatic N) is 1. The second-order valence-electron chi connectivity index (χ2n) is 4.39. The average Bonchev–Trinajstić information content (AvgIpc) is 2.47. The molecule has 6 heteroatoms. The molecule has 0 spiro atoms. The highest BCUT2D eigenvalue weighted by molar-refractivity contribution is 9.10. The first-order valence-corrected chi connectivity index (χ1v) is 7.16. The van der Waals surface area contributed by atoms with Crippen molar-refractivity contribution in [3.05, 3.63) is 51.2 Å². The van der Waals surface area contributed by atoms with Crippen molar-refractivity contribution >= 4 is 15.9 Å². The van der Waals surface area contributed by atoms with Crippen LogP contribution >= 0.6 is 15.9 Å². The molecule has 0 N–H and O–H groups in total. The summed E-state index contributed by atoms with van der Waals surface area (Å²) in [6.07, 6.45) is 2.51. The van der Waals surface area contributed by atoms with E-state index in [1.54, 1.807) is 24.3 Å². The number of ether oxygens (including phenoxy) is 1. The van der Waals surface area contributed by atoms with Crippen molar-refractivity contribution in [2.24, 2.45) is 0 Å². The molecule has 2 rings (SSSR count). The molecule has 3 nitrogen and oxygen atoms in total. The quantitative estimate of drug-likeness (QED) is 0.756. The minimum absolute atomic E-state index is 0.132. The van der Waals surface area contributed by atoms with Gasteiger partial charge in [-0.15, -0.1) is 6.42 Å². The van der Waals surface area contributed by atoms with Crippen LogP contribution in [0.15, 0.2) is 45.7 Å². The Morgan fingerprint density at radius 3 is 2.73 bits per heavy atom. The van der Waals surface area contributed by atoms with Crippen molar-refractivity contribution in [3.8, 4) is 29.4 Å². The molecule has 0 saturated heterocycles. The van der Waals surface area contributed by atoms with Gasteiger partial charge in [-0.05, 0) is 40.2 Å². The van der Waals surface area contributed by atoms with E-state index in [0.717, 1.165) is 4.57 Å². The molecule has 0 aliphatic heterocycles. The first-order chi connectivity index (χ1) is 10.5. The third-order valence-electron chi connectivity index (χ3n) is 2.91. The summed E-state index contributed by atoms with van der Waals surface area (Å²) in [6.45, 7) is -0.524.